The number of halogens is 2. The van der Waals surface area contributed by atoms with E-state index in [1.165, 1.54) is 17.0 Å². The first-order valence-corrected chi connectivity index (χ1v) is 6.95. The van der Waals surface area contributed by atoms with Gasteiger partial charge >= 0.3 is 5.97 Å². The van der Waals surface area contributed by atoms with Crippen molar-refractivity contribution in [3.63, 3.8) is 0 Å². The lowest BCUT2D eigenvalue weighted by molar-refractivity contribution is -0.137. The van der Waals surface area contributed by atoms with Gasteiger partial charge in [-0.15, -0.1) is 0 Å². The second kappa shape index (κ2) is 7.04. The maximum atomic E-state index is 13.8. The summed E-state index contributed by atoms with van der Waals surface area (Å²) in [5.41, 5.74) is 0.338. The summed E-state index contributed by atoms with van der Waals surface area (Å²) in [4.78, 5) is 24.5. The van der Waals surface area contributed by atoms with E-state index in [1.807, 2.05) is 0 Å². The molecule has 2 aromatic rings. The number of hydrogen-bond donors (Lipinski definition) is 1. The maximum absolute atomic E-state index is 13.8. The van der Waals surface area contributed by atoms with Gasteiger partial charge in [-0.3, -0.25) is 9.59 Å². The van der Waals surface area contributed by atoms with Gasteiger partial charge in [-0.2, -0.15) is 0 Å². The van der Waals surface area contributed by atoms with Gasteiger partial charge in [0.15, 0.2) is 11.6 Å². The molecule has 0 aliphatic heterocycles. The highest BCUT2D eigenvalue weighted by Crippen LogP contribution is 2.16. The van der Waals surface area contributed by atoms with Gasteiger partial charge in [-0.05, 0) is 18.2 Å². The Balaban J connectivity index is 2.27. The molecular formula is C16H16F2N2O3. The topological polar surface area (TPSA) is 62.5 Å². The van der Waals surface area contributed by atoms with Crippen LogP contribution in [0.4, 0.5) is 8.78 Å². The molecule has 0 aliphatic rings. The number of carboxylic acids is 1. The van der Waals surface area contributed by atoms with Gasteiger partial charge in [0.2, 0.25) is 0 Å². The molecular weight excluding hydrogens is 306 g/mol. The van der Waals surface area contributed by atoms with Crippen LogP contribution >= 0.6 is 0 Å². The van der Waals surface area contributed by atoms with Crippen LogP contribution in [0.1, 0.15) is 22.5 Å². The summed E-state index contributed by atoms with van der Waals surface area (Å²) in [7, 11) is 1.67. The van der Waals surface area contributed by atoms with Gasteiger partial charge < -0.3 is 14.6 Å². The molecule has 0 saturated carbocycles. The molecule has 0 atom stereocenters. The Morgan fingerprint density at radius 2 is 1.96 bits per heavy atom. The van der Waals surface area contributed by atoms with E-state index in [0.717, 1.165) is 6.07 Å². The molecule has 0 bridgehead atoms. The van der Waals surface area contributed by atoms with Crippen LogP contribution in [0.2, 0.25) is 0 Å². The van der Waals surface area contributed by atoms with Gasteiger partial charge in [-0.1, -0.05) is 12.1 Å². The third kappa shape index (κ3) is 3.94. The predicted octanol–water partition coefficient (Wildman–Crippen LogP) is 2.42. The van der Waals surface area contributed by atoms with Crippen molar-refractivity contribution >= 4 is 11.9 Å². The van der Waals surface area contributed by atoms with E-state index < -0.39 is 23.5 Å². The van der Waals surface area contributed by atoms with Crippen molar-refractivity contribution in [1.29, 1.82) is 0 Å². The number of carboxylic acid groups (broad SMARTS) is 1. The van der Waals surface area contributed by atoms with Crippen LogP contribution in [0.15, 0.2) is 36.5 Å². The zero-order valence-corrected chi connectivity index (χ0v) is 12.5. The molecule has 0 aliphatic carbocycles. The van der Waals surface area contributed by atoms with Gasteiger partial charge in [0.05, 0.1) is 6.42 Å². The number of hydrogen-bond acceptors (Lipinski definition) is 2. The fourth-order valence-corrected chi connectivity index (χ4v) is 2.20. The molecule has 0 saturated heterocycles. The maximum Gasteiger partial charge on any atom is 0.305 e. The quantitative estimate of drug-likeness (QED) is 0.888. The normalized spacial score (nSPS) is 10.6. The first-order valence-electron chi connectivity index (χ1n) is 6.95. The summed E-state index contributed by atoms with van der Waals surface area (Å²) in [6.45, 7) is -0.309. The number of carbonyl (C=O) groups excluding carboxylic acids is 1. The van der Waals surface area contributed by atoms with Gasteiger partial charge in [0.1, 0.15) is 5.69 Å². The molecule has 0 unspecified atom stereocenters. The minimum absolute atomic E-state index is 0.00190. The molecule has 5 nitrogen and oxygen atoms in total. The summed E-state index contributed by atoms with van der Waals surface area (Å²) in [6.07, 6.45) is 1.39. The van der Waals surface area contributed by atoms with Crippen molar-refractivity contribution in [3.05, 3.63) is 59.4 Å². The Labute approximate surface area is 131 Å². The highest BCUT2D eigenvalue weighted by molar-refractivity contribution is 5.93. The van der Waals surface area contributed by atoms with Crippen molar-refractivity contribution in [1.82, 2.24) is 9.47 Å². The number of nitrogens with zero attached hydrogens (tertiary/aromatic N) is 2. The molecule has 0 spiro atoms. The molecule has 0 fully saturated rings. The molecule has 0 radical (unpaired) electrons. The Bertz CT molecular complexity index is 728. The van der Waals surface area contributed by atoms with Crippen LogP contribution in [0.5, 0.6) is 0 Å². The standard InChI is InChI=1S/C16H16F2N2O3/c1-19-8-3-6-13(19)16(23)20(9-7-14(21)22)10-11-4-2-5-12(17)15(11)18/h2-6,8H,7,9-10H2,1H3,(H,21,22). The largest absolute Gasteiger partial charge is 0.481 e. The van der Waals surface area contributed by atoms with Crippen LogP contribution in [-0.4, -0.2) is 33.0 Å². The van der Waals surface area contributed by atoms with Crippen LogP contribution in [0.25, 0.3) is 0 Å². The van der Waals surface area contributed by atoms with Gasteiger partial charge in [0.25, 0.3) is 5.91 Å². The molecule has 1 N–H and O–H groups in total. The third-order valence-electron chi connectivity index (χ3n) is 3.44. The second-order valence-corrected chi connectivity index (χ2v) is 5.09. The van der Waals surface area contributed by atoms with Crippen molar-refractivity contribution in [3.8, 4) is 0 Å². The lowest BCUT2D eigenvalue weighted by atomic mass is 10.1. The fraction of sp³-hybridized carbons (Fsp3) is 0.250. The fourth-order valence-electron chi connectivity index (χ4n) is 2.20. The first-order chi connectivity index (χ1) is 10.9. The molecule has 1 heterocycles. The lowest BCUT2D eigenvalue weighted by Gasteiger charge is -2.22. The van der Waals surface area contributed by atoms with Gasteiger partial charge in [0, 0.05) is 31.9 Å². The average molecular weight is 322 g/mol. The monoisotopic (exact) mass is 322 g/mol. The number of rotatable bonds is 6. The van der Waals surface area contributed by atoms with E-state index in [-0.39, 0.29) is 25.1 Å². The summed E-state index contributed by atoms with van der Waals surface area (Å²) in [5, 5.41) is 8.82. The smallest absolute Gasteiger partial charge is 0.305 e. The zero-order valence-electron chi connectivity index (χ0n) is 12.5. The van der Waals surface area contributed by atoms with Crippen LogP contribution < -0.4 is 0 Å². The molecule has 1 aromatic carbocycles. The van der Waals surface area contributed by atoms with E-state index in [2.05, 4.69) is 0 Å². The Morgan fingerprint density at radius 1 is 1.22 bits per heavy atom. The summed E-state index contributed by atoms with van der Waals surface area (Å²) < 4.78 is 28.7. The van der Waals surface area contributed by atoms with E-state index in [1.54, 1.807) is 29.9 Å². The number of aryl methyl sites for hydroxylation is 1. The lowest BCUT2D eigenvalue weighted by Crippen LogP contribution is -2.34. The van der Waals surface area contributed by atoms with E-state index in [4.69, 9.17) is 5.11 Å². The predicted molar refractivity (Wildman–Crippen MR) is 78.8 cm³/mol. The number of carbonyl (C=O) groups is 2. The number of aliphatic carboxylic acids is 1. The third-order valence-corrected chi connectivity index (χ3v) is 3.44. The Hall–Kier alpha value is -2.70. The van der Waals surface area contributed by atoms with Crippen molar-refractivity contribution in [2.75, 3.05) is 6.54 Å². The Kier molecular flexibility index (Phi) is 5.10. The first kappa shape index (κ1) is 16.7. The van der Waals surface area contributed by atoms with Crippen molar-refractivity contribution in [2.24, 2.45) is 7.05 Å². The number of benzene rings is 1. The molecule has 122 valence electrons. The molecule has 7 heteroatoms. The SMILES string of the molecule is Cn1cccc1C(=O)N(CCC(=O)O)Cc1cccc(F)c1F. The van der Waals surface area contributed by atoms with Crippen molar-refractivity contribution < 1.29 is 23.5 Å². The minimum Gasteiger partial charge on any atom is -0.481 e. The van der Waals surface area contributed by atoms with Crippen LogP contribution in [0, 0.1) is 11.6 Å². The summed E-state index contributed by atoms with van der Waals surface area (Å²) in [6, 6.07) is 6.95. The summed E-state index contributed by atoms with van der Waals surface area (Å²) >= 11 is 0. The minimum atomic E-state index is -1.07. The second-order valence-electron chi connectivity index (χ2n) is 5.09. The summed E-state index contributed by atoms with van der Waals surface area (Å²) in [5.74, 6) is -3.56. The van der Waals surface area contributed by atoms with E-state index in [9.17, 15) is 18.4 Å². The van der Waals surface area contributed by atoms with Gasteiger partial charge in [-0.25, -0.2) is 8.78 Å². The number of aromatic nitrogens is 1. The number of amides is 1. The zero-order chi connectivity index (χ0) is 17.0. The highest BCUT2D eigenvalue weighted by Gasteiger charge is 2.21. The van der Waals surface area contributed by atoms with Crippen molar-refractivity contribution in [2.45, 2.75) is 13.0 Å². The molecule has 1 aromatic heterocycles. The Morgan fingerprint density at radius 3 is 2.57 bits per heavy atom. The van der Waals surface area contributed by atoms with E-state index >= 15 is 0 Å². The van der Waals surface area contributed by atoms with Crippen LogP contribution in [0.3, 0.4) is 0 Å². The van der Waals surface area contributed by atoms with E-state index in [0.29, 0.717) is 5.69 Å². The molecule has 1 amide bonds. The average Bonchev–Trinajstić information content (AvgIpc) is 2.93. The highest BCUT2D eigenvalue weighted by atomic mass is 19.2. The molecule has 23 heavy (non-hydrogen) atoms. The molecule has 2 rings (SSSR count). The van der Waals surface area contributed by atoms with Crippen LogP contribution in [-0.2, 0) is 18.4 Å².